The molecule has 0 amide bonds. The van der Waals surface area contributed by atoms with Gasteiger partial charge >= 0.3 is 0 Å². The van der Waals surface area contributed by atoms with E-state index in [1.54, 1.807) is 0 Å². The van der Waals surface area contributed by atoms with E-state index in [1.807, 2.05) is 0 Å². The fraction of sp³-hybridized carbons (Fsp3) is 0.185. The van der Waals surface area contributed by atoms with Crippen LogP contribution >= 0.6 is 0 Å². The van der Waals surface area contributed by atoms with E-state index in [1.165, 1.54) is 43.7 Å². The van der Waals surface area contributed by atoms with Crippen LogP contribution in [0, 0.1) is 0 Å². The van der Waals surface area contributed by atoms with Crippen LogP contribution in [0.4, 0.5) is 0 Å². The van der Waals surface area contributed by atoms with E-state index in [4.69, 9.17) is 0 Å². The smallest absolute Gasteiger partial charge is 0.0491 e. The fourth-order valence-electron chi connectivity index (χ4n) is 4.56. The molecule has 0 bridgehead atoms. The van der Waals surface area contributed by atoms with Crippen LogP contribution in [0.25, 0.3) is 32.6 Å². The molecule has 0 radical (unpaired) electrons. The number of nitrogens with one attached hydrogen (secondary N) is 1. The summed E-state index contributed by atoms with van der Waals surface area (Å²) in [6.45, 7) is 6.31. The van der Waals surface area contributed by atoms with Gasteiger partial charge in [0.25, 0.3) is 0 Å². The largest absolute Gasteiger partial charge is 0.341 e. The molecule has 5 rings (SSSR count). The normalized spacial score (nSPS) is 12.8. The molecule has 144 valence electrons. The molecular formula is C27H26N2. The molecule has 29 heavy (non-hydrogen) atoms. The van der Waals surface area contributed by atoms with Crippen molar-refractivity contribution >= 4 is 32.6 Å². The molecule has 0 saturated carbocycles. The van der Waals surface area contributed by atoms with Gasteiger partial charge in [0.05, 0.1) is 0 Å². The maximum atomic E-state index is 3.73. The van der Waals surface area contributed by atoms with E-state index in [2.05, 4.69) is 109 Å². The lowest BCUT2D eigenvalue weighted by molar-refractivity contribution is 0.578. The second-order valence-electron chi connectivity index (χ2n) is 7.78. The van der Waals surface area contributed by atoms with E-state index in [0.29, 0.717) is 0 Å². The first kappa shape index (κ1) is 18.0. The second-order valence-corrected chi connectivity index (χ2v) is 7.78. The molecule has 0 aliphatic heterocycles. The van der Waals surface area contributed by atoms with Crippen LogP contribution in [-0.2, 0) is 13.1 Å². The van der Waals surface area contributed by atoms with Crippen LogP contribution in [0.15, 0.2) is 84.9 Å². The zero-order valence-corrected chi connectivity index (χ0v) is 17.0. The Labute approximate surface area is 171 Å². The van der Waals surface area contributed by atoms with Crippen molar-refractivity contribution in [2.24, 2.45) is 0 Å². The first-order valence-corrected chi connectivity index (χ1v) is 10.5. The van der Waals surface area contributed by atoms with Crippen LogP contribution in [0.2, 0.25) is 0 Å². The number of aromatic nitrogens is 1. The number of aryl methyl sites for hydroxylation is 1. The second kappa shape index (κ2) is 7.38. The molecule has 1 N–H and O–H groups in total. The quantitative estimate of drug-likeness (QED) is 0.355. The van der Waals surface area contributed by atoms with Gasteiger partial charge in [0, 0.05) is 40.9 Å². The molecular weight excluding hydrogens is 352 g/mol. The van der Waals surface area contributed by atoms with Gasteiger partial charge in [-0.2, -0.15) is 0 Å². The predicted molar refractivity (Wildman–Crippen MR) is 124 cm³/mol. The van der Waals surface area contributed by atoms with Gasteiger partial charge in [-0.25, -0.2) is 0 Å². The number of fused-ring (bicyclic) bond motifs is 4. The minimum atomic E-state index is 0.286. The molecule has 0 aliphatic carbocycles. The monoisotopic (exact) mass is 378 g/mol. The lowest BCUT2D eigenvalue weighted by Gasteiger charge is -2.17. The summed E-state index contributed by atoms with van der Waals surface area (Å²) < 4.78 is 2.40. The van der Waals surface area contributed by atoms with Crippen molar-refractivity contribution in [1.29, 1.82) is 0 Å². The minimum Gasteiger partial charge on any atom is -0.341 e. The minimum absolute atomic E-state index is 0.286. The highest BCUT2D eigenvalue weighted by atomic mass is 15.0. The Kier molecular flexibility index (Phi) is 4.57. The third kappa shape index (κ3) is 3.10. The van der Waals surface area contributed by atoms with Crippen molar-refractivity contribution in [1.82, 2.24) is 9.88 Å². The first-order valence-electron chi connectivity index (χ1n) is 10.5. The maximum absolute atomic E-state index is 3.73. The number of hydrogen-bond donors (Lipinski definition) is 1. The van der Waals surface area contributed by atoms with Crippen LogP contribution in [0.1, 0.15) is 31.0 Å². The molecule has 2 nitrogen and oxygen atoms in total. The van der Waals surface area contributed by atoms with Gasteiger partial charge in [0.1, 0.15) is 0 Å². The molecule has 0 aliphatic rings. The van der Waals surface area contributed by atoms with Crippen LogP contribution < -0.4 is 5.32 Å². The zero-order chi connectivity index (χ0) is 19.8. The molecule has 0 saturated heterocycles. The summed E-state index contributed by atoms with van der Waals surface area (Å²) in [4.78, 5) is 0. The Morgan fingerprint density at radius 2 is 1.48 bits per heavy atom. The Morgan fingerprint density at radius 3 is 2.34 bits per heavy atom. The van der Waals surface area contributed by atoms with Crippen molar-refractivity contribution in [3.8, 4) is 0 Å². The summed E-state index contributed by atoms with van der Waals surface area (Å²) >= 11 is 0. The van der Waals surface area contributed by atoms with Crippen LogP contribution in [-0.4, -0.2) is 4.57 Å². The fourth-order valence-corrected chi connectivity index (χ4v) is 4.56. The van der Waals surface area contributed by atoms with Gasteiger partial charge in [0.2, 0.25) is 0 Å². The molecule has 0 spiro atoms. The van der Waals surface area contributed by atoms with Crippen molar-refractivity contribution in [2.45, 2.75) is 33.0 Å². The summed E-state index contributed by atoms with van der Waals surface area (Å²) in [5.74, 6) is 0. The summed E-state index contributed by atoms with van der Waals surface area (Å²) in [5, 5.41) is 9.05. The van der Waals surface area contributed by atoms with Gasteiger partial charge in [-0.3, -0.25) is 0 Å². The van der Waals surface area contributed by atoms with Crippen molar-refractivity contribution in [3.05, 3.63) is 96.1 Å². The van der Waals surface area contributed by atoms with Crippen molar-refractivity contribution in [2.75, 3.05) is 0 Å². The molecule has 2 heteroatoms. The number of benzene rings is 4. The summed E-state index contributed by atoms with van der Waals surface area (Å²) in [5.41, 5.74) is 5.31. The standard InChI is InChI=1S/C27H26N2/c1-3-29-26-14-7-6-12-24(26)25-17-20(15-16-27(25)29)18-28-19(2)22-13-8-10-21-9-4-5-11-23(21)22/h4-17,19,28H,3,18H2,1-2H3. The highest BCUT2D eigenvalue weighted by molar-refractivity contribution is 6.08. The molecule has 0 fully saturated rings. The van der Waals surface area contributed by atoms with Crippen molar-refractivity contribution in [3.63, 3.8) is 0 Å². The van der Waals surface area contributed by atoms with Crippen molar-refractivity contribution < 1.29 is 0 Å². The maximum Gasteiger partial charge on any atom is 0.0491 e. The van der Waals surface area contributed by atoms with Crippen LogP contribution in [0.5, 0.6) is 0 Å². The average Bonchev–Trinajstić information content (AvgIpc) is 3.10. The van der Waals surface area contributed by atoms with Gasteiger partial charge < -0.3 is 9.88 Å². The topological polar surface area (TPSA) is 17.0 Å². The molecule has 1 heterocycles. The highest BCUT2D eigenvalue weighted by Gasteiger charge is 2.11. The van der Waals surface area contributed by atoms with E-state index >= 15 is 0 Å². The molecule has 1 aromatic heterocycles. The molecule has 1 unspecified atom stereocenters. The third-order valence-electron chi connectivity index (χ3n) is 6.06. The Hall–Kier alpha value is -3.10. The van der Waals surface area contributed by atoms with Gasteiger partial charge in [0.15, 0.2) is 0 Å². The van der Waals surface area contributed by atoms with E-state index in [0.717, 1.165) is 13.1 Å². The van der Waals surface area contributed by atoms with Gasteiger partial charge in [-0.15, -0.1) is 0 Å². The van der Waals surface area contributed by atoms with E-state index in [9.17, 15) is 0 Å². The van der Waals surface area contributed by atoms with E-state index < -0.39 is 0 Å². The Balaban J connectivity index is 1.45. The highest BCUT2D eigenvalue weighted by Crippen LogP contribution is 2.30. The first-order chi connectivity index (χ1) is 14.3. The predicted octanol–water partition coefficient (Wildman–Crippen LogP) is 6.82. The number of hydrogen-bond acceptors (Lipinski definition) is 1. The van der Waals surface area contributed by atoms with Gasteiger partial charge in [-0.1, -0.05) is 66.7 Å². The lowest BCUT2D eigenvalue weighted by atomic mass is 9.99. The lowest BCUT2D eigenvalue weighted by Crippen LogP contribution is -2.18. The summed E-state index contributed by atoms with van der Waals surface area (Å²) in [7, 11) is 0. The number of rotatable bonds is 5. The van der Waals surface area contributed by atoms with E-state index in [-0.39, 0.29) is 6.04 Å². The summed E-state index contributed by atoms with van der Waals surface area (Å²) in [6, 6.07) is 31.1. The Bertz CT molecular complexity index is 1310. The van der Waals surface area contributed by atoms with Crippen LogP contribution in [0.3, 0.4) is 0 Å². The van der Waals surface area contributed by atoms with Gasteiger partial charge in [-0.05, 0) is 53.9 Å². The zero-order valence-electron chi connectivity index (χ0n) is 17.0. The third-order valence-corrected chi connectivity index (χ3v) is 6.06. The average molecular weight is 379 g/mol. The Morgan fingerprint density at radius 1 is 0.759 bits per heavy atom. The number of para-hydroxylation sites is 1. The summed E-state index contributed by atoms with van der Waals surface area (Å²) in [6.07, 6.45) is 0. The SMILES string of the molecule is CCn1c2ccccc2c2cc(CNC(C)c3cccc4ccccc34)ccc21. The molecule has 1 atom stereocenters. The molecule has 5 aromatic rings. The molecule has 4 aromatic carbocycles. The number of nitrogens with zero attached hydrogens (tertiary/aromatic N) is 1.